The minimum atomic E-state index is -0.573. The fraction of sp³-hybridized carbons (Fsp3) is 0.500. The Bertz CT molecular complexity index is 379. The highest BCUT2D eigenvalue weighted by molar-refractivity contribution is 5.90. The largest absolute Gasteiger partial charge is 0.377 e. The van der Waals surface area contributed by atoms with Crippen molar-refractivity contribution in [2.75, 3.05) is 19.0 Å². The summed E-state index contributed by atoms with van der Waals surface area (Å²) in [4.78, 5) is 18.8. The van der Waals surface area contributed by atoms with Gasteiger partial charge in [0.15, 0.2) is 0 Å². The Morgan fingerprint density at radius 3 is 2.88 bits per heavy atom. The van der Waals surface area contributed by atoms with Crippen molar-refractivity contribution in [3.63, 3.8) is 0 Å². The number of hydrogen-bond acceptors (Lipinski definition) is 5. The fourth-order valence-corrected chi connectivity index (χ4v) is 0.945. The van der Waals surface area contributed by atoms with E-state index >= 15 is 0 Å². The number of ether oxygens (including phenoxy) is 1. The molecular formula is C10H16N4O2. The van der Waals surface area contributed by atoms with Crippen molar-refractivity contribution >= 4 is 11.9 Å². The molecule has 0 atom stereocenters. The van der Waals surface area contributed by atoms with E-state index in [1.165, 1.54) is 12.3 Å². The van der Waals surface area contributed by atoms with E-state index in [0.717, 1.165) is 0 Å². The number of aromatic nitrogens is 2. The highest BCUT2D eigenvalue weighted by atomic mass is 16.5. The van der Waals surface area contributed by atoms with Crippen LogP contribution in [0.5, 0.6) is 0 Å². The van der Waals surface area contributed by atoms with Gasteiger partial charge < -0.3 is 15.8 Å². The van der Waals surface area contributed by atoms with Crippen molar-refractivity contribution in [1.82, 2.24) is 9.97 Å². The third-order valence-corrected chi connectivity index (χ3v) is 2.13. The van der Waals surface area contributed by atoms with E-state index < -0.39 is 5.91 Å². The molecule has 0 aliphatic carbocycles. The number of primary amides is 1. The first kappa shape index (κ1) is 12.4. The van der Waals surface area contributed by atoms with Crippen LogP contribution in [0.3, 0.4) is 0 Å². The van der Waals surface area contributed by atoms with Gasteiger partial charge in [0.25, 0.3) is 5.91 Å². The number of methoxy groups -OCH3 is 1. The molecule has 6 nitrogen and oxygen atoms in total. The second kappa shape index (κ2) is 4.89. The summed E-state index contributed by atoms with van der Waals surface area (Å²) >= 11 is 0. The summed E-state index contributed by atoms with van der Waals surface area (Å²) in [5.41, 5.74) is 4.97. The van der Waals surface area contributed by atoms with Crippen molar-refractivity contribution in [2.24, 2.45) is 5.73 Å². The summed E-state index contributed by atoms with van der Waals surface area (Å²) in [7, 11) is 1.63. The van der Waals surface area contributed by atoms with Gasteiger partial charge in [-0.2, -0.15) is 0 Å². The summed E-state index contributed by atoms with van der Waals surface area (Å²) in [6.45, 7) is 4.39. The molecule has 0 saturated heterocycles. The number of carbonyl (C=O) groups excluding carboxylic acids is 1. The van der Waals surface area contributed by atoms with Crippen LogP contribution in [0.2, 0.25) is 0 Å². The van der Waals surface area contributed by atoms with Crippen molar-refractivity contribution < 1.29 is 9.53 Å². The molecule has 0 fully saturated rings. The van der Waals surface area contributed by atoms with Gasteiger partial charge in [-0.05, 0) is 19.9 Å². The van der Waals surface area contributed by atoms with Crippen molar-refractivity contribution in [2.45, 2.75) is 19.4 Å². The van der Waals surface area contributed by atoms with Crippen molar-refractivity contribution in [1.29, 1.82) is 0 Å². The zero-order valence-electron chi connectivity index (χ0n) is 9.65. The monoisotopic (exact) mass is 224 g/mol. The van der Waals surface area contributed by atoms with Crippen LogP contribution in [0.4, 0.5) is 5.95 Å². The molecular weight excluding hydrogens is 208 g/mol. The van der Waals surface area contributed by atoms with E-state index in [2.05, 4.69) is 15.3 Å². The molecule has 0 radical (unpaired) electrons. The highest BCUT2D eigenvalue weighted by Gasteiger charge is 2.16. The third kappa shape index (κ3) is 3.47. The first-order valence-electron chi connectivity index (χ1n) is 4.86. The topological polar surface area (TPSA) is 90.1 Å². The Morgan fingerprint density at radius 1 is 1.62 bits per heavy atom. The maximum atomic E-state index is 10.9. The number of anilines is 1. The van der Waals surface area contributed by atoms with Crippen LogP contribution in [-0.2, 0) is 4.74 Å². The molecule has 1 aromatic rings. The lowest BCUT2D eigenvalue weighted by atomic mass is 10.1. The Morgan fingerprint density at radius 2 is 2.31 bits per heavy atom. The molecule has 6 heteroatoms. The molecule has 0 saturated carbocycles. The summed E-state index contributed by atoms with van der Waals surface area (Å²) in [6, 6.07) is 1.47. The molecule has 0 aliphatic heterocycles. The minimum absolute atomic E-state index is 0.188. The number of nitrogens with two attached hydrogens (primary N) is 1. The number of rotatable bonds is 5. The molecule has 1 rings (SSSR count). The van der Waals surface area contributed by atoms with Crippen molar-refractivity contribution in [3.8, 4) is 0 Å². The lowest BCUT2D eigenvalue weighted by molar-refractivity contribution is 0.0342. The molecule has 0 aliphatic rings. The first-order chi connectivity index (χ1) is 7.44. The second-order valence-electron chi connectivity index (χ2n) is 3.95. The average Bonchev–Trinajstić information content (AvgIpc) is 2.27. The summed E-state index contributed by atoms with van der Waals surface area (Å²) in [5, 5.41) is 2.98. The smallest absolute Gasteiger partial charge is 0.267 e. The quantitative estimate of drug-likeness (QED) is 0.756. The van der Waals surface area contributed by atoms with Gasteiger partial charge in [-0.3, -0.25) is 4.79 Å². The van der Waals surface area contributed by atoms with E-state index in [4.69, 9.17) is 10.5 Å². The Balaban J connectivity index is 2.68. The van der Waals surface area contributed by atoms with Crippen LogP contribution in [0.15, 0.2) is 12.3 Å². The molecule has 0 spiro atoms. The van der Waals surface area contributed by atoms with Crippen molar-refractivity contribution in [3.05, 3.63) is 18.0 Å². The van der Waals surface area contributed by atoms with Gasteiger partial charge in [0.05, 0.1) is 5.60 Å². The summed E-state index contributed by atoms with van der Waals surface area (Å²) in [5.74, 6) is -0.210. The van der Waals surface area contributed by atoms with Gasteiger partial charge in [-0.15, -0.1) is 0 Å². The van der Waals surface area contributed by atoms with Gasteiger partial charge >= 0.3 is 0 Å². The Hall–Kier alpha value is -1.69. The van der Waals surface area contributed by atoms with Gasteiger partial charge in [0.2, 0.25) is 5.95 Å². The number of amides is 1. The van der Waals surface area contributed by atoms with E-state index in [-0.39, 0.29) is 11.3 Å². The van der Waals surface area contributed by atoms with E-state index in [0.29, 0.717) is 12.5 Å². The van der Waals surface area contributed by atoms with Gasteiger partial charge in [0, 0.05) is 19.9 Å². The number of nitrogens with zero attached hydrogens (tertiary/aromatic N) is 2. The molecule has 88 valence electrons. The van der Waals surface area contributed by atoms with E-state index in [1.54, 1.807) is 7.11 Å². The molecule has 0 unspecified atom stereocenters. The van der Waals surface area contributed by atoms with Gasteiger partial charge in [-0.1, -0.05) is 0 Å². The van der Waals surface area contributed by atoms with E-state index in [9.17, 15) is 4.79 Å². The molecule has 0 bridgehead atoms. The molecule has 1 amide bonds. The second-order valence-corrected chi connectivity index (χ2v) is 3.95. The summed E-state index contributed by atoms with van der Waals surface area (Å²) < 4.78 is 5.23. The molecule has 3 N–H and O–H groups in total. The zero-order valence-corrected chi connectivity index (χ0v) is 9.65. The molecule has 1 aromatic heterocycles. The number of hydrogen-bond donors (Lipinski definition) is 2. The zero-order chi connectivity index (χ0) is 12.2. The van der Waals surface area contributed by atoms with Gasteiger partial charge in [-0.25, -0.2) is 9.97 Å². The predicted octanol–water partition coefficient (Wildman–Crippen LogP) is 0.412. The van der Waals surface area contributed by atoms with Crippen LogP contribution in [0.1, 0.15) is 24.3 Å². The highest BCUT2D eigenvalue weighted by Crippen LogP contribution is 2.08. The predicted molar refractivity (Wildman–Crippen MR) is 60.1 cm³/mol. The standard InChI is InChI=1S/C10H16N4O2/c1-10(2,16-3)6-13-9-12-5-4-7(14-9)8(11)15/h4-5H,6H2,1-3H3,(H2,11,15)(H,12,13,14). The molecule has 0 aromatic carbocycles. The summed E-state index contributed by atoms with van der Waals surface area (Å²) in [6.07, 6.45) is 1.48. The third-order valence-electron chi connectivity index (χ3n) is 2.13. The maximum Gasteiger partial charge on any atom is 0.267 e. The Labute approximate surface area is 94.2 Å². The first-order valence-corrected chi connectivity index (χ1v) is 4.86. The normalized spacial score (nSPS) is 11.2. The molecule has 16 heavy (non-hydrogen) atoms. The average molecular weight is 224 g/mol. The minimum Gasteiger partial charge on any atom is -0.377 e. The number of carbonyl (C=O) groups is 1. The van der Waals surface area contributed by atoms with Crippen LogP contribution < -0.4 is 11.1 Å². The SMILES string of the molecule is COC(C)(C)CNc1nccc(C(N)=O)n1. The molecule has 1 heterocycles. The van der Waals surface area contributed by atoms with Gasteiger partial charge in [0.1, 0.15) is 5.69 Å². The number of nitrogens with one attached hydrogen (secondary N) is 1. The fourth-order valence-electron chi connectivity index (χ4n) is 0.945. The van der Waals surface area contributed by atoms with Crippen LogP contribution in [-0.4, -0.2) is 35.1 Å². The lowest BCUT2D eigenvalue weighted by Gasteiger charge is -2.22. The lowest BCUT2D eigenvalue weighted by Crippen LogP contribution is -2.32. The maximum absolute atomic E-state index is 10.9. The van der Waals surface area contributed by atoms with Crippen LogP contribution in [0, 0.1) is 0 Å². The van der Waals surface area contributed by atoms with E-state index in [1.807, 2.05) is 13.8 Å². The Kier molecular flexibility index (Phi) is 3.78. The van der Waals surface area contributed by atoms with Crippen LogP contribution >= 0.6 is 0 Å². The van der Waals surface area contributed by atoms with Crippen LogP contribution in [0.25, 0.3) is 0 Å².